The topological polar surface area (TPSA) is 68.7 Å². The average Bonchev–Trinajstić information content (AvgIpc) is 3.71. The predicted octanol–water partition coefficient (Wildman–Crippen LogP) is 6.02. The Hall–Kier alpha value is -4.41. The number of hydrogen-bond donors (Lipinski definition) is 3. The molecule has 0 spiro atoms. The van der Waals surface area contributed by atoms with Gasteiger partial charge in [-0.1, -0.05) is 97.1 Å². The fourth-order valence-corrected chi connectivity index (χ4v) is 9.50. The first kappa shape index (κ1) is 32.5. The molecule has 5 aliphatic rings. The van der Waals surface area contributed by atoms with Crippen molar-refractivity contribution in [2.45, 2.75) is 38.1 Å². The second-order valence-corrected chi connectivity index (χ2v) is 14.8. The third-order valence-electron chi connectivity index (χ3n) is 11.9. The van der Waals surface area contributed by atoms with Crippen molar-refractivity contribution in [1.29, 1.82) is 0 Å². The highest BCUT2D eigenvalue weighted by Crippen LogP contribution is 2.45. The number of fused-ring (bicyclic) bond motifs is 2. The second-order valence-electron chi connectivity index (χ2n) is 14.8. The average molecular weight is 674 g/mol. The number of nitrogens with zero attached hydrogens (tertiary/aromatic N) is 5. The van der Waals surface area contributed by atoms with E-state index < -0.39 is 33.8 Å². The Bertz CT molecular complexity index is 1730. The lowest BCUT2D eigenvalue weighted by molar-refractivity contribution is 0.0452. The van der Waals surface area contributed by atoms with Gasteiger partial charge >= 0.3 is 21.4 Å². The van der Waals surface area contributed by atoms with Crippen LogP contribution in [0.4, 0.5) is 22.7 Å². The first-order chi connectivity index (χ1) is 25.2. The van der Waals surface area contributed by atoms with Gasteiger partial charge in [-0.15, -0.1) is 0 Å². The van der Waals surface area contributed by atoms with Crippen LogP contribution >= 0.6 is 0 Å². The molecule has 8 nitrogen and oxygen atoms in total. The zero-order valence-electron chi connectivity index (χ0n) is 28.9. The summed E-state index contributed by atoms with van der Waals surface area (Å²) in [4.78, 5) is 4.68. The summed E-state index contributed by atoms with van der Waals surface area (Å²) in [6.45, 7) is 1.53. The van der Waals surface area contributed by atoms with Crippen molar-refractivity contribution in [3.8, 4) is 0 Å². The standard InChI is InChI=1S/C40H45B3N6O2/c50-39-37-27-15-13-17-31(37)29-45(39)42-47(34-21-7-2-8-22-34)41(44-33-19-5-1-6-20-33)48(35-23-9-3-10-24-35)43(49(42)36-25-11-4-12-26-36)46-30-32-18-14-16-28-38(32)40(46)51/h1-16,19-26,31-32,37-40,44,50-51H,17-18,27-30H2. The lowest BCUT2D eigenvalue weighted by Crippen LogP contribution is -2.88. The molecule has 3 fully saturated rings. The van der Waals surface area contributed by atoms with Crippen molar-refractivity contribution in [3.05, 3.63) is 146 Å². The van der Waals surface area contributed by atoms with Crippen molar-refractivity contribution in [2.24, 2.45) is 23.7 Å². The fraction of sp³-hybridized carbons (Fsp3) is 0.300. The summed E-state index contributed by atoms with van der Waals surface area (Å²) < 4.78 is 7.38. The van der Waals surface area contributed by atoms with Crippen molar-refractivity contribution in [3.63, 3.8) is 0 Å². The van der Waals surface area contributed by atoms with Crippen molar-refractivity contribution in [1.82, 2.24) is 9.62 Å². The Morgan fingerprint density at radius 1 is 0.471 bits per heavy atom. The van der Waals surface area contributed by atoms with Crippen molar-refractivity contribution < 1.29 is 10.2 Å². The molecule has 11 heteroatoms. The van der Waals surface area contributed by atoms with Crippen LogP contribution in [0.2, 0.25) is 0 Å². The van der Waals surface area contributed by atoms with Gasteiger partial charge in [0.1, 0.15) is 12.5 Å². The SMILES string of the molecule is OC1C2CC=CCC2CN1B1N(c2ccccc2)B(Nc2ccccc2)N(c2ccccc2)B(N2CC3CC=CCC3C2O)N1c1ccccc1. The Morgan fingerprint density at radius 3 is 1.25 bits per heavy atom. The summed E-state index contributed by atoms with van der Waals surface area (Å²) in [6, 6.07) is 42.3. The van der Waals surface area contributed by atoms with Gasteiger partial charge in [-0.3, -0.25) is 9.62 Å². The number of aliphatic hydroxyl groups excluding tert-OH is 2. The van der Waals surface area contributed by atoms with Gasteiger partial charge in [-0.05, 0) is 99.1 Å². The highest BCUT2D eigenvalue weighted by Gasteiger charge is 2.64. The van der Waals surface area contributed by atoms with Gasteiger partial charge in [0, 0.05) is 34.6 Å². The van der Waals surface area contributed by atoms with E-state index in [-0.39, 0.29) is 11.8 Å². The molecular weight excluding hydrogens is 629 g/mol. The molecule has 0 saturated carbocycles. The van der Waals surface area contributed by atoms with Crippen LogP contribution in [0.1, 0.15) is 25.7 Å². The lowest BCUT2D eigenvalue weighted by atomic mass is 9.53. The van der Waals surface area contributed by atoms with E-state index in [0.717, 1.165) is 61.5 Å². The zero-order valence-corrected chi connectivity index (χ0v) is 28.9. The van der Waals surface area contributed by atoms with Crippen LogP contribution in [0.3, 0.4) is 0 Å². The number of rotatable bonds is 7. The third kappa shape index (κ3) is 5.86. The molecule has 0 bridgehead atoms. The highest BCUT2D eigenvalue weighted by atomic mass is 16.3. The Labute approximate surface area is 303 Å². The van der Waals surface area contributed by atoms with Crippen LogP contribution < -0.4 is 19.4 Å². The van der Waals surface area contributed by atoms with Crippen molar-refractivity contribution >= 4 is 44.1 Å². The molecule has 0 aromatic heterocycles. The third-order valence-corrected chi connectivity index (χ3v) is 11.9. The van der Waals surface area contributed by atoms with Crippen LogP contribution in [0.5, 0.6) is 0 Å². The molecule has 6 unspecified atom stereocenters. The monoisotopic (exact) mass is 674 g/mol. The Kier molecular flexibility index (Phi) is 8.90. The predicted molar refractivity (Wildman–Crippen MR) is 210 cm³/mol. The van der Waals surface area contributed by atoms with Gasteiger partial charge in [0.15, 0.2) is 0 Å². The first-order valence-corrected chi connectivity index (χ1v) is 18.7. The number of aliphatic hydroxyl groups is 2. The van der Waals surface area contributed by atoms with Gasteiger partial charge in [0.2, 0.25) is 0 Å². The number of para-hydroxylation sites is 4. The van der Waals surface area contributed by atoms with Crippen LogP contribution in [0, 0.1) is 23.7 Å². The molecule has 3 saturated heterocycles. The minimum atomic E-state index is -0.640. The molecule has 2 aliphatic carbocycles. The fourth-order valence-electron chi connectivity index (χ4n) is 9.50. The van der Waals surface area contributed by atoms with E-state index in [0.29, 0.717) is 11.8 Å². The van der Waals surface area contributed by atoms with Gasteiger partial charge in [-0.2, -0.15) is 0 Å². The first-order valence-electron chi connectivity index (χ1n) is 18.7. The quantitative estimate of drug-likeness (QED) is 0.163. The largest absolute Gasteiger partial charge is 0.481 e. The van der Waals surface area contributed by atoms with Crippen LogP contribution in [-0.4, -0.2) is 66.7 Å². The molecule has 3 aliphatic heterocycles. The highest BCUT2D eigenvalue weighted by molar-refractivity contribution is 7.04. The molecule has 51 heavy (non-hydrogen) atoms. The van der Waals surface area contributed by atoms with E-state index in [4.69, 9.17) is 0 Å². The van der Waals surface area contributed by atoms with E-state index >= 15 is 0 Å². The van der Waals surface area contributed by atoms with E-state index in [1.807, 2.05) is 6.07 Å². The smallest absolute Gasteiger partial charge is 0.395 e. The normalized spacial score (nSPS) is 28.0. The number of allylic oxidation sites excluding steroid dienone is 4. The van der Waals surface area contributed by atoms with Crippen LogP contribution in [0.15, 0.2) is 146 Å². The summed E-state index contributed by atoms with van der Waals surface area (Å²) >= 11 is 0. The minimum Gasteiger partial charge on any atom is -0.395 e. The molecule has 9 rings (SSSR count). The summed E-state index contributed by atoms with van der Waals surface area (Å²) in [5.41, 5.74) is 4.11. The maximum atomic E-state index is 12.4. The van der Waals surface area contributed by atoms with E-state index in [2.05, 4.69) is 169 Å². The molecule has 4 aromatic rings. The second kappa shape index (κ2) is 14.0. The van der Waals surface area contributed by atoms with E-state index in [1.165, 1.54) is 0 Å². The van der Waals surface area contributed by atoms with E-state index in [1.54, 1.807) is 0 Å². The molecular formula is C40H45B3N6O2. The molecule has 6 atom stereocenters. The number of benzene rings is 4. The molecule has 4 aromatic carbocycles. The lowest BCUT2D eigenvalue weighted by Gasteiger charge is -2.59. The number of hydrogen-bond acceptors (Lipinski definition) is 8. The summed E-state index contributed by atoms with van der Waals surface area (Å²) in [7, 11) is -1.22. The summed E-state index contributed by atoms with van der Waals surface area (Å²) in [6.07, 6.45) is 11.5. The van der Waals surface area contributed by atoms with Gasteiger partial charge in [0.25, 0.3) is 0 Å². The molecule has 0 amide bonds. The number of nitrogens with one attached hydrogen (secondary N) is 1. The van der Waals surface area contributed by atoms with Gasteiger partial charge in [0.05, 0.1) is 0 Å². The molecule has 256 valence electrons. The van der Waals surface area contributed by atoms with E-state index in [9.17, 15) is 10.2 Å². The summed E-state index contributed by atoms with van der Waals surface area (Å²) in [5.74, 6) is 1.03. The van der Waals surface area contributed by atoms with Gasteiger partial charge < -0.3 is 29.6 Å². The zero-order chi connectivity index (χ0) is 34.3. The maximum absolute atomic E-state index is 12.4. The Balaban J connectivity index is 1.30. The maximum Gasteiger partial charge on any atom is 0.481 e. The number of anilines is 4. The van der Waals surface area contributed by atoms with Gasteiger partial charge in [-0.25, -0.2) is 0 Å². The Morgan fingerprint density at radius 2 is 0.843 bits per heavy atom. The van der Waals surface area contributed by atoms with Crippen molar-refractivity contribution in [2.75, 3.05) is 32.5 Å². The molecule has 3 heterocycles. The molecule has 3 N–H and O–H groups in total. The summed E-state index contributed by atoms with van der Waals surface area (Å²) in [5, 5.41) is 28.9. The van der Waals surface area contributed by atoms with Crippen LogP contribution in [-0.2, 0) is 0 Å². The minimum absolute atomic E-state index is 0.155. The molecule has 0 radical (unpaired) electrons. The van der Waals surface area contributed by atoms with Crippen LogP contribution in [0.25, 0.3) is 0 Å².